The molecule has 0 N–H and O–H groups in total. The molecular weight excluding hydrogens is 1690 g/mol. The van der Waals surface area contributed by atoms with Crippen molar-refractivity contribution < 1.29 is 0 Å². The van der Waals surface area contributed by atoms with Crippen LogP contribution in [0.4, 0.5) is 0 Å². The fraction of sp³-hybridized carbons (Fsp3) is 0. The standard InChI is InChI=1S/3C42H26N2S/c1-3-11-29(12-4-1)43-37-17-9-7-15-31(37)35-25-27(19-23-38(35)43)28-20-24-39-36(26-28)33-21-22-34-32-16-8-10-18-40(32)45-42(34)41(33)44(39)30-13-5-2-6-14-30;1-3-11-29(12-4-1)43-36-17-9-7-15-31(36)34-25-27(19-22-37(34)43)28-20-23-38-35(26-28)32-21-24-40-41(33-16-8-10-18-39(33)45-40)42(32)44(38)30-13-5-2-6-14-30;1-3-11-29(12-4-1)43-36-17-9-7-15-31(36)34-25-27(19-22-37(34)43)28-20-23-38-35(26-28)41-39(44(38)30-13-5-2-6-14-30)24-21-33-32-16-8-10-18-40(32)45-42(33)41/h3*1-26H. The summed E-state index contributed by atoms with van der Waals surface area (Å²) in [4.78, 5) is 0. The summed E-state index contributed by atoms with van der Waals surface area (Å²) in [6.07, 6.45) is 0. The van der Waals surface area contributed by atoms with Gasteiger partial charge in [0.25, 0.3) is 0 Å². The van der Waals surface area contributed by atoms with E-state index in [1.165, 1.54) is 259 Å². The van der Waals surface area contributed by atoms with Gasteiger partial charge in [-0.25, -0.2) is 0 Å². The number of para-hydroxylation sites is 9. The number of rotatable bonds is 9. The van der Waals surface area contributed by atoms with Crippen LogP contribution in [-0.2, 0) is 0 Å². The summed E-state index contributed by atoms with van der Waals surface area (Å²) in [5, 5.41) is 23.3. The van der Waals surface area contributed by atoms with E-state index in [-0.39, 0.29) is 0 Å². The van der Waals surface area contributed by atoms with Gasteiger partial charge >= 0.3 is 0 Å². The highest BCUT2D eigenvalue weighted by Gasteiger charge is 2.26. The zero-order chi connectivity index (χ0) is 88.5. The van der Waals surface area contributed by atoms with Gasteiger partial charge in [-0.2, -0.15) is 0 Å². The third kappa shape index (κ3) is 12.1. The minimum absolute atomic E-state index is 1.18. The Bertz CT molecular complexity index is 10100. The van der Waals surface area contributed by atoms with E-state index >= 15 is 0 Å². The molecule has 0 spiro atoms. The Hall–Kier alpha value is -16.9. The third-order valence-corrected chi connectivity index (χ3v) is 31.4. The molecule has 0 aliphatic heterocycles. The van der Waals surface area contributed by atoms with Gasteiger partial charge in [-0.05, 0) is 228 Å². The summed E-state index contributed by atoms with van der Waals surface area (Å²) in [5.74, 6) is 0. The van der Waals surface area contributed by atoms with Gasteiger partial charge in [0.05, 0.1) is 70.9 Å². The van der Waals surface area contributed by atoms with Crippen LogP contribution >= 0.6 is 34.0 Å². The van der Waals surface area contributed by atoms with Gasteiger partial charge in [0.1, 0.15) is 0 Å². The van der Waals surface area contributed by atoms with Crippen LogP contribution in [0.1, 0.15) is 0 Å². The lowest BCUT2D eigenvalue weighted by Gasteiger charge is -2.10. The maximum absolute atomic E-state index is 2.46. The second-order valence-electron chi connectivity index (χ2n) is 35.3. The second kappa shape index (κ2) is 30.9. The van der Waals surface area contributed by atoms with Gasteiger partial charge in [-0.3, -0.25) is 0 Å². The number of hydrogen-bond donors (Lipinski definition) is 0. The average Bonchev–Trinajstić information content (AvgIpc) is 1.56. The zero-order valence-corrected chi connectivity index (χ0v) is 75.4. The SMILES string of the molecule is c1ccc(-n2c3ccccc3c3cc(-c4ccc5c(c4)c4c6sc7ccccc7c6ccc4n5-c4ccccc4)ccc32)cc1.c1ccc(-n2c3ccccc3c3cc(-c4ccc5c(c4)c4ccc6c7ccccc7sc6c4n5-c4ccccc4)ccc32)cc1.c1ccc(-n2c3ccccc3c3cc(-c4ccc5c(c4)c4ccc6sc7ccccc7c6c4n5-c4ccccc4)ccc32)cc1. The highest BCUT2D eigenvalue weighted by Crippen LogP contribution is 2.50. The van der Waals surface area contributed by atoms with Gasteiger partial charge < -0.3 is 27.4 Å². The van der Waals surface area contributed by atoms with Crippen molar-refractivity contribution in [2.24, 2.45) is 0 Å². The van der Waals surface area contributed by atoms with E-state index in [0.29, 0.717) is 0 Å². The lowest BCUT2D eigenvalue weighted by Crippen LogP contribution is -1.93. The second-order valence-corrected chi connectivity index (χ2v) is 38.5. The summed E-state index contributed by atoms with van der Waals surface area (Å²) in [6, 6.07) is 173. The van der Waals surface area contributed by atoms with Crippen molar-refractivity contribution in [3.63, 3.8) is 0 Å². The van der Waals surface area contributed by atoms with Crippen molar-refractivity contribution in [2.45, 2.75) is 0 Å². The summed E-state index contributed by atoms with van der Waals surface area (Å²) < 4.78 is 22.5. The molecule has 0 radical (unpaired) electrons. The minimum Gasteiger partial charge on any atom is -0.309 e. The van der Waals surface area contributed by atoms with E-state index in [1.54, 1.807) is 0 Å². The van der Waals surface area contributed by atoms with Crippen molar-refractivity contribution in [2.75, 3.05) is 0 Å². The normalized spacial score (nSPS) is 12.0. The summed E-state index contributed by atoms with van der Waals surface area (Å²) >= 11 is 5.68. The lowest BCUT2D eigenvalue weighted by molar-refractivity contribution is 1.18. The monoisotopic (exact) mass is 1770 g/mol. The third-order valence-electron chi connectivity index (χ3n) is 27.9. The molecule has 0 aliphatic rings. The van der Waals surface area contributed by atoms with Crippen LogP contribution in [0.2, 0.25) is 0 Å². The largest absolute Gasteiger partial charge is 0.309 e. The topological polar surface area (TPSA) is 29.6 Å². The molecule has 0 aliphatic carbocycles. The first-order chi connectivity index (χ1) is 67.0. The summed E-state index contributed by atoms with van der Waals surface area (Å²) in [7, 11) is 0. The Balaban J connectivity index is 0.000000101. The van der Waals surface area contributed by atoms with E-state index in [9.17, 15) is 0 Å². The molecule has 0 amide bonds. The Morgan fingerprint density at radius 2 is 0.378 bits per heavy atom. The Kier molecular flexibility index (Phi) is 17.6. The number of thiophene rings is 3. The maximum atomic E-state index is 2.46. The quantitative estimate of drug-likeness (QED) is 0.138. The predicted molar refractivity (Wildman–Crippen MR) is 580 cm³/mol. The van der Waals surface area contributed by atoms with Crippen LogP contribution in [0.5, 0.6) is 0 Å². The molecule has 630 valence electrons. The Morgan fingerprint density at radius 1 is 0.126 bits per heavy atom. The molecular formula is C126H78N6S3. The minimum atomic E-state index is 1.18. The molecule has 135 heavy (non-hydrogen) atoms. The Labute approximate surface area is 787 Å². The molecule has 0 fully saturated rings. The highest BCUT2D eigenvalue weighted by atomic mass is 32.1. The van der Waals surface area contributed by atoms with Gasteiger partial charge in [0, 0.05) is 155 Å². The van der Waals surface area contributed by atoms with Crippen LogP contribution < -0.4 is 0 Å². The van der Waals surface area contributed by atoms with Crippen molar-refractivity contribution in [3.8, 4) is 67.5 Å². The lowest BCUT2D eigenvalue weighted by atomic mass is 10.00. The first-order valence-corrected chi connectivity index (χ1v) is 48.5. The van der Waals surface area contributed by atoms with Gasteiger partial charge in [-0.15, -0.1) is 34.0 Å². The number of fused-ring (bicyclic) bond motifs is 30. The molecule has 21 aromatic carbocycles. The van der Waals surface area contributed by atoms with Crippen LogP contribution in [0.15, 0.2) is 473 Å². The Morgan fingerprint density at radius 3 is 0.785 bits per heavy atom. The van der Waals surface area contributed by atoms with Crippen LogP contribution in [0, 0.1) is 0 Å². The van der Waals surface area contributed by atoms with Crippen molar-refractivity contribution in [3.05, 3.63) is 473 Å². The van der Waals surface area contributed by atoms with Crippen LogP contribution in [-0.4, -0.2) is 27.4 Å². The van der Waals surface area contributed by atoms with Crippen LogP contribution in [0.25, 0.3) is 259 Å². The first kappa shape index (κ1) is 76.9. The molecule has 0 unspecified atom stereocenters. The van der Waals surface area contributed by atoms with E-state index in [4.69, 9.17) is 0 Å². The molecule has 0 bridgehead atoms. The molecule has 30 rings (SSSR count). The van der Waals surface area contributed by atoms with Crippen molar-refractivity contribution in [1.29, 1.82) is 0 Å². The zero-order valence-electron chi connectivity index (χ0n) is 72.9. The van der Waals surface area contributed by atoms with E-state index < -0.39 is 0 Å². The smallest absolute Gasteiger partial charge is 0.0719 e. The van der Waals surface area contributed by atoms with Crippen molar-refractivity contribution in [1.82, 2.24) is 27.4 Å². The van der Waals surface area contributed by atoms with E-state index in [0.717, 1.165) is 0 Å². The molecule has 6 nitrogen and oxygen atoms in total. The summed E-state index contributed by atoms with van der Waals surface area (Å²) in [6.45, 7) is 0. The molecule has 0 saturated carbocycles. The van der Waals surface area contributed by atoms with E-state index in [2.05, 4.69) is 501 Å². The fourth-order valence-corrected chi connectivity index (χ4v) is 25.6. The maximum Gasteiger partial charge on any atom is 0.0719 e. The number of hydrogen-bond acceptors (Lipinski definition) is 3. The molecule has 9 heteroatoms. The number of benzene rings is 21. The number of aromatic nitrogens is 6. The number of nitrogens with zero attached hydrogens (tertiary/aromatic N) is 6. The van der Waals surface area contributed by atoms with Gasteiger partial charge in [-0.1, -0.05) is 279 Å². The molecule has 9 heterocycles. The molecule has 0 saturated heterocycles. The highest BCUT2D eigenvalue weighted by molar-refractivity contribution is 7.27. The molecule has 30 aromatic rings. The van der Waals surface area contributed by atoms with Gasteiger partial charge in [0.15, 0.2) is 0 Å². The molecule has 9 aromatic heterocycles. The van der Waals surface area contributed by atoms with Crippen molar-refractivity contribution >= 4 is 225 Å². The van der Waals surface area contributed by atoms with Crippen LogP contribution in [0.3, 0.4) is 0 Å². The predicted octanol–water partition coefficient (Wildman–Crippen LogP) is 35.7. The summed E-state index contributed by atoms with van der Waals surface area (Å²) in [5.41, 5.74) is 29.3. The fourth-order valence-electron chi connectivity index (χ4n) is 22.0. The van der Waals surface area contributed by atoms with Gasteiger partial charge in [0.2, 0.25) is 0 Å². The molecule has 0 atom stereocenters. The first-order valence-electron chi connectivity index (χ1n) is 46.1. The van der Waals surface area contributed by atoms with E-state index in [1.807, 2.05) is 34.0 Å². The average molecular weight is 1770 g/mol.